The number of carbonyl (C=O) groups excluding carboxylic acids is 2. The minimum absolute atomic E-state index is 0.0961. The molecule has 0 radical (unpaired) electrons. The van der Waals surface area contributed by atoms with E-state index in [0.717, 1.165) is 0 Å². The number of rotatable bonds is 6. The first kappa shape index (κ1) is 15.8. The molecular weight excluding hydrogens is 284 g/mol. The smallest absolute Gasteiger partial charge is 0.258 e. The quantitative estimate of drug-likeness (QED) is 0.761. The third-order valence-corrected chi connectivity index (χ3v) is 3.24. The van der Waals surface area contributed by atoms with Gasteiger partial charge in [0.1, 0.15) is 6.26 Å². The van der Waals surface area contributed by atoms with Crippen LogP contribution in [-0.2, 0) is 0 Å². The Kier molecular flexibility index (Phi) is 5.32. The standard InChI is InChI=1S/C16H18N2O4/c1-2-13(9-19)17-15(20)11-3-5-14(6-4-11)18-16(21)12-7-8-22-10-12/h3-8,10,13,19H,2,9H2,1H3,(H,17,20)(H,18,21). The van der Waals surface area contributed by atoms with Gasteiger partial charge in [0.15, 0.2) is 0 Å². The molecule has 1 unspecified atom stereocenters. The van der Waals surface area contributed by atoms with Crippen molar-refractivity contribution in [2.24, 2.45) is 0 Å². The van der Waals surface area contributed by atoms with Gasteiger partial charge in [-0.1, -0.05) is 6.92 Å². The fraction of sp³-hybridized carbons (Fsp3) is 0.250. The molecule has 0 fully saturated rings. The van der Waals surface area contributed by atoms with Crippen LogP contribution in [-0.4, -0.2) is 29.6 Å². The molecule has 1 heterocycles. The third-order valence-electron chi connectivity index (χ3n) is 3.24. The maximum absolute atomic E-state index is 12.0. The lowest BCUT2D eigenvalue weighted by Gasteiger charge is -2.14. The number of aliphatic hydroxyl groups excluding tert-OH is 1. The lowest BCUT2D eigenvalue weighted by atomic mass is 10.1. The summed E-state index contributed by atoms with van der Waals surface area (Å²) in [6.45, 7) is 1.79. The minimum Gasteiger partial charge on any atom is -0.472 e. The van der Waals surface area contributed by atoms with Crippen molar-refractivity contribution in [1.82, 2.24) is 5.32 Å². The number of hydrogen-bond donors (Lipinski definition) is 3. The molecule has 6 nitrogen and oxygen atoms in total. The highest BCUT2D eigenvalue weighted by Gasteiger charge is 2.12. The first-order chi connectivity index (χ1) is 10.6. The van der Waals surface area contributed by atoms with Gasteiger partial charge in [0.2, 0.25) is 0 Å². The van der Waals surface area contributed by atoms with Crippen LogP contribution in [0.25, 0.3) is 0 Å². The van der Waals surface area contributed by atoms with Crippen LogP contribution in [0, 0.1) is 0 Å². The van der Waals surface area contributed by atoms with Gasteiger partial charge in [0.05, 0.1) is 24.5 Å². The van der Waals surface area contributed by atoms with Crippen molar-refractivity contribution in [3.05, 3.63) is 54.0 Å². The van der Waals surface area contributed by atoms with E-state index in [1.165, 1.54) is 12.5 Å². The highest BCUT2D eigenvalue weighted by Crippen LogP contribution is 2.12. The average Bonchev–Trinajstić information content (AvgIpc) is 3.07. The first-order valence-electron chi connectivity index (χ1n) is 6.99. The maximum atomic E-state index is 12.0. The Hall–Kier alpha value is -2.60. The number of amides is 2. The van der Waals surface area contributed by atoms with E-state index in [1.54, 1.807) is 30.3 Å². The topological polar surface area (TPSA) is 91.6 Å². The van der Waals surface area contributed by atoms with Crippen LogP contribution in [0.5, 0.6) is 0 Å². The van der Waals surface area contributed by atoms with E-state index in [2.05, 4.69) is 10.6 Å². The molecule has 0 spiro atoms. The van der Waals surface area contributed by atoms with E-state index in [-0.39, 0.29) is 24.5 Å². The zero-order valence-corrected chi connectivity index (χ0v) is 12.2. The predicted molar refractivity (Wildman–Crippen MR) is 81.7 cm³/mol. The van der Waals surface area contributed by atoms with Crippen molar-refractivity contribution in [2.45, 2.75) is 19.4 Å². The van der Waals surface area contributed by atoms with Crippen molar-refractivity contribution < 1.29 is 19.1 Å². The first-order valence-corrected chi connectivity index (χ1v) is 6.99. The van der Waals surface area contributed by atoms with Gasteiger partial charge in [0.25, 0.3) is 11.8 Å². The zero-order chi connectivity index (χ0) is 15.9. The molecule has 6 heteroatoms. The van der Waals surface area contributed by atoms with E-state index in [1.807, 2.05) is 6.92 Å². The summed E-state index contributed by atoms with van der Waals surface area (Å²) in [7, 11) is 0. The van der Waals surface area contributed by atoms with Gasteiger partial charge >= 0.3 is 0 Å². The van der Waals surface area contributed by atoms with Gasteiger partial charge in [-0.3, -0.25) is 9.59 Å². The van der Waals surface area contributed by atoms with Crippen molar-refractivity contribution in [3.8, 4) is 0 Å². The second-order valence-electron chi connectivity index (χ2n) is 4.80. The molecule has 116 valence electrons. The van der Waals surface area contributed by atoms with Crippen molar-refractivity contribution >= 4 is 17.5 Å². The van der Waals surface area contributed by atoms with E-state index >= 15 is 0 Å². The van der Waals surface area contributed by atoms with Gasteiger partial charge in [0, 0.05) is 11.3 Å². The summed E-state index contributed by atoms with van der Waals surface area (Å²) in [5.41, 5.74) is 1.47. The zero-order valence-electron chi connectivity index (χ0n) is 12.2. The number of anilines is 1. The van der Waals surface area contributed by atoms with E-state index in [4.69, 9.17) is 9.52 Å². The van der Waals surface area contributed by atoms with Gasteiger partial charge in [-0.25, -0.2) is 0 Å². The Morgan fingerprint density at radius 1 is 1.14 bits per heavy atom. The molecule has 1 aromatic carbocycles. The number of furan rings is 1. The van der Waals surface area contributed by atoms with Crippen LogP contribution in [0.1, 0.15) is 34.1 Å². The van der Waals surface area contributed by atoms with Crippen LogP contribution in [0.15, 0.2) is 47.3 Å². The van der Waals surface area contributed by atoms with Crippen LogP contribution in [0.2, 0.25) is 0 Å². The second kappa shape index (κ2) is 7.42. The summed E-state index contributed by atoms with van der Waals surface area (Å²) in [5, 5.41) is 14.5. The monoisotopic (exact) mass is 302 g/mol. The summed E-state index contributed by atoms with van der Waals surface area (Å²) in [6.07, 6.45) is 3.44. The van der Waals surface area contributed by atoms with Gasteiger partial charge in [-0.05, 0) is 36.8 Å². The van der Waals surface area contributed by atoms with E-state index < -0.39 is 0 Å². The van der Waals surface area contributed by atoms with Crippen molar-refractivity contribution in [2.75, 3.05) is 11.9 Å². The lowest BCUT2D eigenvalue weighted by molar-refractivity contribution is 0.0914. The molecule has 2 amide bonds. The Morgan fingerprint density at radius 2 is 1.86 bits per heavy atom. The Bertz CT molecular complexity index is 616. The molecule has 0 aliphatic carbocycles. The molecule has 0 aliphatic rings. The number of aliphatic hydroxyl groups is 1. The number of benzene rings is 1. The lowest BCUT2D eigenvalue weighted by Crippen LogP contribution is -2.36. The Labute approximate surface area is 128 Å². The number of hydrogen-bond acceptors (Lipinski definition) is 4. The molecule has 0 saturated carbocycles. The van der Waals surface area contributed by atoms with Gasteiger partial charge in [-0.2, -0.15) is 0 Å². The van der Waals surface area contributed by atoms with Gasteiger partial charge in [-0.15, -0.1) is 0 Å². The molecule has 22 heavy (non-hydrogen) atoms. The summed E-state index contributed by atoms with van der Waals surface area (Å²) >= 11 is 0. The molecule has 0 bridgehead atoms. The average molecular weight is 302 g/mol. The van der Waals surface area contributed by atoms with Crippen LogP contribution in [0.3, 0.4) is 0 Å². The minimum atomic E-state index is -0.280. The van der Waals surface area contributed by atoms with E-state index in [0.29, 0.717) is 23.2 Å². The Morgan fingerprint density at radius 3 is 2.41 bits per heavy atom. The molecule has 1 atom stereocenters. The molecule has 0 saturated heterocycles. The molecule has 2 aromatic rings. The summed E-state index contributed by atoms with van der Waals surface area (Å²) in [4.78, 5) is 23.8. The summed E-state index contributed by atoms with van der Waals surface area (Å²) in [5.74, 6) is -0.536. The highest BCUT2D eigenvalue weighted by atomic mass is 16.3. The molecule has 1 aromatic heterocycles. The number of carbonyl (C=O) groups is 2. The van der Waals surface area contributed by atoms with E-state index in [9.17, 15) is 9.59 Å². The summed E-state index contributed by atoms with van der Waals surface area (Å²) < 4.78 is 4.85. The fourth-order valence-electron chi connectivity index (χ4n) is 1.85. The maximum Gasteiger partial charge on any atom is 0.258 e. The van der Waals surface area contributed by atoms with Gasteiger partial charge < -0.3 is 20.2 Å². The molecule has 3 N–H and O–H groups in total. The Balaban J connectivity index is 1.98. The van der Waals surface area contributed by atoms with Crippen molar-refractivity contribution in [3.63, 3.8) is 0 Å². The predicted octanol–water partition coefficient (Wildman–Crippen LogP) is 2.03. The third kappa shape index (κ3) is 3.95. The van der Waals surface area contributed by atoms with Crippen molar-refractivity contribution in [1.29, 1.82) is 0 Å². The SMILES string of the molecule is CCC(CO)NC(=O)c1ccc(NC(=O)c2ccoc2)cc1. The van der Waals surface area contributed by atoms with Crippen LogP contribution >= 0.6 is 0 Å². The highest BCUT2D eigenvalue weighted by molar-refractivity contribution is 6.04. The molecule has 0 aliphatic heterocycles. The largest absolute Gasteiger partial charge is 0.472 e. The fourth-order valence-corrected chi connectivity index (χ4v) is 1.85. The molecular formula is C16H18N2O4. The number of nitrogens with one attached hydrogen (secondary N) is 2. The second-order valence-corrected chi connectivity index (χ2v) is 4.80. The van der Waals surface area contributed by atoms with Crippen LogP contribution in [0.4, 0.5) is 5.69 Å². The summed E-state index contributed by atoms with van der Waals surface area (Å²) in [6, 6.07) is 7.83. The van der Waals surface area contributed by atoms with Crippen LogP contribution < -0.4 is 10.6 Å². The molecule has 2 rings (SSSR count). The normalized spacial score (nSPS) is 11.7.